The van der Waals surface area contributed by atoms with Gasteiger partial charge in [0.2, 0.25) is 0 Å². The smallest absolute Gasteiger partial charge is 0.123 e. The molecule has 2 aromatic rings. The zero-order valence-corrected chi connectivity index (χ0v) is 13.3. The van der Waals surface area contributed by atoms with Crippen LogP contribution in [0.5, 0.6) is 0 Å². The van der Waals surface area contributed by atoms with Gasteiger partial charge in [0.05, 0.1) is 6.10 Å². The van der Waals surface area contributed by atoms with E-state index in [0.29, 0.717) is 5.82 Å². The lowest BCUT2D eigenvalue weighted by Gasteiger charge is -2.15. The van der Waals surface area contributed by atoms with Crippen molar-refractivity contribution in [2.24, 2.45) is 0 Å². The molecule has 118 valence electrons. The van der Waals surface area contributed by atoms with Gasteiger partial charge in [0.1, 0.15) is 5.82 Å². The molecule has 4 nitrogen and oxygen atoms in total. The van der Waals surface area contributed by atoms with Gasteiger partial charge < -0.3 is 10.8 Å². The maximum Gasteiger partial charge on any atom is 0.123 e. The number of nitrogens with zero attached hydrogens (tertiary/aromatic N) is 2. The second-order valence-electron chi connectivity index (χ2n) is 5.72. The summed E-state index contributed by atoms with van der Waals surface area (Å²) >= 11 is 0. The Morgan fingerprint density at radius 3 is 2.50 bits per heavy atom. The van der Waals surface area contributed by atoms with Crippen molar-refractivity contribution in [2.75, 3.05) is 18.8 Å². The van der Waals surface area contributed by atoms with Crippen LogP contribution in [0.3, 0.4) is 0 Å². The number of rotatable bonds is 4. The molecular formula is C17H22ClN3O. The number of halogens is 1. The fraction of sp³-hybridized carbons (Fsp3) is 0.353. The average Bonchev–Trinajstić information content (AvgIpc) is 2.86. The van der Waals surface area contributed by atoms with Crippen molar-refractivity contribution in [3.05, 3.63) is 59.3 Å². The van der Waals surface area contributed by atoms with Crippen molar-refractivity contribution < 1.29 is 5.11 Å². The predicted molar refractivity (Wildman–Crippen MR) is 91.0 cm³/mol. The Hall–Kier alpha value is -1.62. The zero-order chi connectivity index (χ0) is 14.7. The highest BCUT2D eigenvalue weighted by molar-refractivity contribution is 5.85. The lowest BCUT2D eigenvalue weighted by Crippen LogP contribution is -2.21. The molecule has 5 heteroatoms. The first kappa shape index (κ1) is 16.7. The zero-order valence-electron chi connectivity index (χ0n) is 12.5. The average molecular weight is 320 g/mol. The van der Waals surface area contributed by atoms with Gasteiger partial charge in [-0.25, -0.2) is 4.98 Å². The van der Waals surface area contributed by atoms with E-state index in [-0.39, 0.29) is 18.5 Å². The summed E-state index contributed by atoms with van der Waals surface area (Å²) in [7, 11) is 0. The molecule has 0 aliphatic carbocycles. The van der Waals surface area contributed by atoms with Crippen molar-refractivity contribution >= 4 is 18.2 Å². The Morgan fingerprint density at radius 1 is 1.14 bits per heavy atom. The largest absolute Gasteiger partial charge is 0.392 e. The molecule has 1 fully saturated rings. The molecule has 0 saturated carbocycles. The Bertz CT molecular complexity index is 603. The van der Waals surface area contributed by atoms with E-state index in [2.05, 4.69) is 34.1 Å². The van der Waals surface area contributed by atoms with Crippen LogP contribution in [-0.4, -0.2) is 34.2 Å². The van der Waals surface area contributed by atoms with Gasteiger partial charge in [-0.3, -0.25) is 4.90 Å². The minimum absolute atomic E-state index is 0. The fourth-order valence-corrected chi connectivity index (χ4v) is 2.78. The molecule has 1 aromatic carbocycles. The molecule has 0 amide bonds. The number of anilines is 1. The van der Waals surface area contributed by atoms with Gasteiger partial charge in [-0.15, -0.1) is 12.4 Å². The van der Waals surface area contributed by atoms with Crippen LogP contribution < -0.4 is 5.73 Å². The SMILES string of the molecule is Cl.Nc1cccc(Cc2ccc(CN3CCC(O)C3)cc2)n1. The Labute approximate surface area is 137 Å². The molecular weight excluding hydrogens is 298 g/mol. The highest BCUT2D eigenvalue weighted by atomic mass is 35.5. The predicted octanol–water partition coefficient (Wildman–Crippen LogP) is 2.24. The molecule has 3 N–H and O–H groups in total. The third-order valence-electron chi connectivity index (χ3n) is 3.89. The first-order chi connectivity index (χ1) is 10.2. The van der Waals surface area contributed by atoms with E-state index in [1.807, 2.05) is 12.1 Å². The number of likely N-dealkylation sites (tertiary alicyclic amines) is 1. The van der Waals surface area contributed by atoms with E-state index in [9.17, 15) is 5.11 Å². The van der Waals surface area contributed by atoms with Crippen LogP contribution >= 0.6 is 12.4 Å². The Kier molecular flexibility index (Phi) is 5.77. The van der Waals surface area contributed by atoms with E-state index in [4.69, 9.17) is 5.73 Å². The number of nitrogens with two attached hydrogens (primary N) is 1. The van der Waals surface area contributed by atoms with Crippen molar-refractivity contribution in [2.45, 2.75) is 25.5 Å². The number of aromatic nitrogens is 1. The van der Waals surface area contributed by atoms with Crippen LogP contribution in [0.1, 0.15) is 23.2 Å². The number of pyridine rings is 1. The number of nitrogen functional groups attached to an aromatic ring is 1. The minimum Gasteiger partial charge on any atom is -0.392 e. The number of aliphatic hydroxyl groups is 1. The summed E-state index contributed by atoms with van der Waals surface area (Å²) in [6.45, 7) is 2.68. The second-order valence-corrected chi connectivity index (χ2v) is 5.72. The topological polar surface area (TPSA) is 62.4 Å². The fourth-order valence-electron chi connectivity index (χ4n) is 2.78. The summed E-state index contributed by atoms with van der Waals surface area (Å²) in [5.41, 5.74) is 9.21. The number of β-amino-alcohol motifs (C(OH)–C–C–N with tert-alkyl or cyclic N) is 1. The van der Waals surface area contributed by atoms with Crippen molar-refractivity contribution in [3.8, 4) is 0 Å². The van der Waals surface area contributed by atoms with Crippen LogP contribution in [0.2, 0.25) is 0 Å². The van der Waals surface area contributed by atoms with Gasteiger partial charge in [0.25, 0.3) is 0 Å². The summed E-state index contributed by atoms with van der Waals surface area (Å²) in [6, 6.07) is 14.3. The van der Waals surface area contributed by atoms with E-state index in [1.54, 1.807) is 6.07 Å². The number of benzene rings is 1. The molecule has 1 aliphatic heterocycles. The van der Waals surface area contributed by atoms with Gasteiger partial charge in [-0.1, -0.05) is 30.3 Å². The first-order valence-electron chi connectivity index (χ1n) is 7.39. The van der Waals surface area contributed by atoms with Gasteiger partial charge in [-0.05, 0) is 29.7 Å². The third kappa shape index (κ3) is 4.44. The molecule has 22 heavy (non-hydrogen) atoms. The van der Waals surface area contributed by atoms with Gasteiger partial charge >= 0.3 is 0 Å². The maximum absolute atomic E-state index is 9.55. The number of hydrogen-bond acceptors (Lipinski definition) is 4. The summed E-state index contributed by atoms with van der Waals surface area (Å²) in [5, 5.41) is 9.55. The molecule has 3 rings (SSSR count). The van der Waals surface area contributed by atoms with Crippen molar-refractivity contribution in [1.29, 1.82) is 0 Å². The van der Waals surface area contributed by atoms with Crippen LogP contribution in [-0.2, 0) is 13.0 Å². The van der Waals surface area contributed by atoms with E-state index in [0.717, 1.165) is 38.2 Å². The summed E-state index contributed by atoms with van der Waals surface area (Å²) in [5.74, 6) is 0.566. The second kappa shape index (κ2) is 7.58. The molecule has 1 unspecified atom stereocenters. The highest BCUT2D eigenvalue weighted by Gasteiger charge is 2.19. The van der Waals surface area contributed by atoms with E-state index >= 15 is 0 Å². The van der Waals surface area contributed by atoms with Crippen molar-refractivity contribution in [1.82, 2.24) is 9.88 Å². The molecule has 1 atom stereocenters. The third-order valence-corrected chi connectivity index (χ3v) is 3.89. The quantitative estimate of drug-likeness (QED) is 0.907. The monoisotopic (exact) mass is 319 g/mol. The van der Waals surface area contributed by atoms with E-state index in [1.165, 1.54) is 11.1 Å². The van der Waals surface area contributed by atoms with Crippen molar-refractivity contribution in [3.63, 3.8) is 0 Å². The van der Waals surface area contributed by atoms with Crippen LogP contribution in [0.25, 0.3) is 0 Å². The number of hydrogen-bond donors (Lipinski definition) is 2. The molecule has 0 spiro atoms. The Morgan fingerprint density at radius 2 is 1.86 bits per heavy atom. The molecule has 1 aliphatic rings. The summed E-state index contributed by atoms with van der Waals surface area (Å²) in [4.78, 5) is 6.61. The molecule has 1 saturated heterocycles. The maximum atomic E-state index is 9.55. The van der Waals surface area contributed by atoms with Crippen LogP contribution in [0.4, 0.5) is 5.82 Å². The molecule has 2 heterocycles. The van der Waals surface area contributed by atoms with Gasteiger partial charge in [0, 0.05) is 31.7 Å². The standard InChI is InChI=1S/C17H21N3O.ClH/c18-17-3-1-2-15(19-17)10-13-4-6-14(7-5-13)11-20-9-8-16(21)12-20;/h1-7,16,21H,8-12H2,(H2,18,19);1H. The lowest BCUT2D eigenvalue weighted by atomic mass is 10.1. The minimum atomic E-state index is -0.154. The van der Waals surface area contributed by atoms with E-state index < -0.39 is 0 Å². The lowest BCUT2D eigenvalue weighted by molar-refractivity contribution is 0.175. The summed E-state index contributed by atoms with van der Waals surface area (Å²) in [6.07, 6.45) is 1.53. The van der Waals surface area contributed by atoms with Gasteiger partial charge in [-0.2, -0.15) is 0 Å². The number of aliphatic hydroxyl groups excluding tert-OH is 1. The molecule has 0 radical (unpaired) electrons. The molecule has 1 aromatic heterocycles. The van der Waals surface area contributed by atoms with Crippen LogP contribution in [0, 0.1) is 0 Å². The van der Waals surface area contributed by atoms with Gasteiger partial charge in [0.15, 0.2) is 0 Å². The first-order valence-corrected chi connectivity index (χ1v) is 7.39. The van der Waals surface area contributed by atoms with Crippen LogP contribution in [0.15, 0.2) is 42.5 Å². The normalized spacial score (nSPS) is 18.1. The highest BCUT2D eigenvalue weighted by Crippen LogP contribution is 2.15. The molecule has 0 bridgehead atoms. The summed E-state index contributed by atoms with van der Waals surface area (Å²) < 4.78 is 0. The Balaban J connectivity index is 0.00000176.